The van der Waals surface area contributed by atoms with Gasteiger partial charge < -0.3 is 14.5 Å². The number of carbonyl (C=O) groups excluding carboxylic acids is 1. The summed E-state index contributed by atoms with van der Waals surface area (Å²) in [4.78, 5) is 19.4. The number of anilines is 1. The van der Waals surface area contributed by atoms with Gasteiger partial charge in [0.05, 0.1) is 19.3 Å². The first-order valence-electron chi connectivity index (χ1n) is 10.4. The maximum absolute atomic E-state index is 12.8. The van der Waals surface area contributed by atoms with Gasteiger partial charge in [-0.2, -0.15) is 0 Å². The largest absolute Gasteiger partial charge is 0.495 e. The Kier molecular flexibility index (Phi) is 6.15. The summed E-state index contributed by atoms with van der Waals surface area (Å²) in [5.74, 6) is 1.13. The van der Waals surface area contributed by atoms with Gasteiger partial charge in [0.2, 0.25) is 5.91 Å². The molecule has 2 heterocycles. The second-order valence-electron chi connectivity index (χ2n) is 7.62. The van der Waals surface area contributed by atoms with Crippen molar-refractivity contribution >= 4 is 17.2 Å². The third-order valence-corrected chi connectivity index (χ3v) is 5.85. The van der Waals surface area contributed by atoms with Crippen molar-refractivity contribution in [1.82, 2.24) is 9.80 Å². The van der Waals surface area contributed by atoms with Crippen molar-refractivity contribution in [2.75, 3.05) is 57.8 Å². The summed E-state index contributed by atoms with van der Waals surface area (Å²) in [6.45, 7) is 5.48. The highest BCUT2D eigenvalue weighted by Crippen LogP contribution is 2.28. The van der Waals surface area contributed by atoms with E-state index in [1.165, 1.54) is 11.1 Å². The van der Waals surface area contributed by atoms with Crippen molar-refractivity contribution < 1.29 is 9.53 Å². The van der Waals surface area contributed by atoms with Crippen LogP contribution in [-0.4, -0.2) is 68.6 Å². The van der Waals surface area contributed by atoms with Gasteiger partial charge in [0.25, 0.3) is 0 Å². The predicted octanol–water partition coefficient (Wildman–Crippen LogP) is 3.13. The Balaban J connectivity index is 1.28. The molecule has 0 unspecified atom stereocenters. The fourth-order valence-electron chi connectivity index (χ4n) is 4.15. The maximum Gasteiger partial charge on any atom is 0.236 e. The number of amides is 1. The predicted molar refractivity (Wildman–Crippen MR) is 117 cm³/mol. The van der Waals surface area contributed by atoms with Crippen LogP contribution in [0.5, 0.6) is 5.75 Å². The number of benzene rings is 2. The van der Waals surface area contributed by atoms with Gasteiger partial charge in [-0.15, -0.1) is 0 Å². The van der Waals surface area contributed by atoms with Gasteiger partial charge in [0.15, 0.2) is 0 Å². The molecule has 5 heteroatoms. The highest BCUT2D eigenvalue weighted by atomic mass is 16.5. The van der Waals surface area contributed by atoms with E-state index in [1.54, 1.807) is 7.11 Å². The van der Waals surface area contributed by atoms with E-state index in [9.17, 15) is 4.79 Å². The van der Waals surface area contributed by atoms with Crippen molar-refractivity contribution in [3.63, 3.8) is 0 Å². The normalized spacial score (nSPS) is 17.8. The Labute approximate surface area is 173 Å². The molecule has 1 fully saturated rings. The molecule has 4 rings (SSSR count). The van der Waals surface area contributed by atoms with Crippen LogP contribution in [0.1, 0.15) is 12.0 Å². The topological polar surface area (TPSA) is 36.0 Å². The molecule has 0 bridgehead atoms. The standard InChI is InChI=1S/C24H29N3O2/c1-29-23-10-6-5-9-22(23)26-15-17-27(18-16-26)24(28)19-25-13-11-21(12-14-25)20-7-3-2-4-8-20/h2-11H,12-19H2,1H3. The summed E-state index contributed by atoms with van der Waals surface area (Å²) < 4.78 is 5.48. The van der Waals surface area contributed by atoms with Crippen molar-refractivity contribution in [2.24, 2.45) is 0 Å². The van der Waals surface area contributed by atoms with Crippen LogP contribution in [0.15, 0.2) is 60.7 Å². The SMILES string of the molecule is COc1ccccc1N1CCN(C(=O)CN2CC=C(c3ccccc3)CC2)CC1. The van der Waals surface area contributed by atoms with Crippen molar-refractivity contribution in [1.29, 1.82) is 0 Å². The van der Waals surface area contributed by atoms with Crippen molar-refractivity contribution in [3.8, 4) is 5.75 Å². The summed E-state index contributed by atoms with van der Waals surface area (Å²) in [7, 11) is 1.70. The molecule has 5 nitrogen and oxygen atoms in total. The summed E-state index contributed by atoms with van der Waals surface area (Å²) in [5, 5.41) is 0. The highest BCUT2D eigenvalue weighted by molar-refractivity contribution is 5.79. The zero-order valence-electron chi connectivity index (χ0n) is 17.1. The Morgan fingerprint density at radius 1 is 0.931 bits per heavy atom. The van der Waals surface area contributed by atoms with Crippen LogP contribution >= 0.6 is 0 Å². The van der Waals surface area contributed by atoms with Gasteiger partial charge in [0, 0.05) is 39.3 Å². The molecule has 0 saturated carbocycles. The number of ether oxygens (including phenoxy) is 1. The van der Waals surface area contributed by atoms with Crippen LogP contribution in [0, 0.1) is 0 Å². The third kappa shape index (κ3) is 4.62. The second-order valence-corrected chi connectivity index (χ2v) is 7.62. The molecule has 0 spiro atoms. The molecule has 2 aliphatic rings. The monoisotopic (exact) mass is 391 g/mol. The van der Waals surface area contributed by atoms with Crippen LogP contribution in [0.3, 0.4) is 0 Å². The Hall–Kier alpha value is -2.79. The van der Waals surface area contributed by atoms with Crippen LogP contribution in [0.4, 0.5) is 5.69 Å². The molecule has 2 aliphatic heterocycles. The molecule has 1 saturated heterocycles. The smallest absolute Gasteiger partial charge is 0.236 e. The lowest BCUT2D eigenvalue weighted by atomic mass is 9.99. The van der Waals surface area contributed by atoms with Gasteiger partial charge >= 0.3 is 0 Å². The molecule has 0 N–H and O–H groups in total. The summed E-state index contributed by atoms with van der Waals surface area (Å²) >= 11 is 0. The minimum Gasteiger partial charge on any atom is -0.495 e. The highest BCUT2D eigenvalue weighted by Gasteiger charge is 2.24. The van der Waals surface area contributed by atoms with Gasteiger partial charge in [0.1, 0.15) is 5.75 Å². The fourth-order valence-corrected chi connectivity index (χ4v) is 4.15. The minimum absolute atomic E-state index is 0.237. The van der Waals surface area contributed by atoms with Gasteiger partial charge in [-0.1, -0.05) is 48.5 Å². The van der Waals surface area contributed by atoms with E-state index in [0.29, 0.717) is 6.54 Å². The first-order valence-corrected chi connectivity index (χ1v) is 10.4. The Bertz CT molecular complexity index is 857. The zero-order chi connectivity index (χ0) is 20.1. The second kappa shape index (κ2) is 9.14. The zero-order valence-corrected chi connectivity index (χ0v) is 17.1. The average Bonchev–Trinajstić information content (AvgIpc) is 2.80. The lowest BCUT2D eigenvalue weighted by molar-refractivity contribution is -0.132. The fraction of sp³-hybridized carbons (Fsp3) is 0.375. The molecule has 2 aromatic rings. The molecular formula is C24H29N3O2. The van der Waals surface area contributed by atoms with E-state index in [4.69, 9.17) is 4.74 Å². The molecule has 0 radical (unpaired) electrons. The average molecular weight is 392 g/mol. The van der Waals surface area contributed by atoms with Gasteiger partial charge in [-0.25, -0.2) is 0 Å². The first-order chi connectivity index (χ1) is 14.2. The molecule has 0 atom stereocenters. The molecule has 152 valence electrons. The first kappa shape index (κ1) is 19.5. The lowest BCUT2D eigenvalue weighted by Crippen LogP contribution is -2.51. The summed E-state index contributed by atoms with van der Waals surface area (Å²) in [5.41, 5.74) is 3.79. The Morgan fingerprint density at radius 2 is 1.66 bits per heavy atom. The number of carbonyl (C=O) groups is 1. The Morgan fingerprint density at radius 3 is 2.34 bits per heavy atom. The lowest BCUT2D eigenvalue weighted by Gasteiger charge is -2.37. The molecule has 0 aliphatic carbocycles. The minimum atomic E-state index is 0.237. The number of rotatable bonds is 5. The maximum atomic E-state index is 12.8. The molecule has 1 amide bonds. The molecule has 29 heavy (non-hydrogen) atoms. The van der Waals surface area contributed by atoms with E-state index in [2.05, 4.69) is 46.2 Å². The van der Waals surface area contributed by atoms with E-state index in [0.717, 1.165) is 57.1 Å². The van der Waals surface area contributed by atoms with E-state index in [1.807, 2.05) is 29.2 Å². The van der Waals surface area contributed by atoms with Crippen LogP contribution in [0.2, 0.25) is 0 Å². The number of para-hydroxylation sites is 2. The van der Waals surface area contributed by atoms with Gasteiger partial charge in [-0.05, 0) is 29.7 Å². The van der Waals surface area contributed by atoms with Crippen LogP contribution in [0.25, 0.3) is 5.57 Å². The number of hydrogen-bond acceptors (Lipinski definition) is 4. The van der Waals surface area contributed by atoms with Crippen molar-refractivity contribution in [2.45, 2.75) is 6.42 Å². The summed E-state index contributed by atoms with van der Waals surface area (Å²) in [6.07, 6.45) is 3.27. The summed E-state index contributed by atoms with van der Waals surface area (Å²) in [6, 6.07) is 18.6. The van der Waals surface area contributed by atoms with E-state index < -0.39 is 0 Å². The molecular weight excluding hydrogens is 362 g/mol. The van der Waals surface area contributed by atoms with Crippen LogP contribution < -0.4 is 9.64 Å². The quantitative estimate of drug-likeness (QED) is 0.785. The number of piperazine rings is 1. The molecule has 0 aromatic heterocycles. The van der Waals surface area contributed by atoms with Gasteiger partial charge in [-0.3, -0.25) is 9.69 Å². The van der Waals surface area contributed by atoms with Crippen molar-refractivity contribution in [3.05, 3.63) is 66.2 Å². The third-order valence-electron chi connectivity index (χ3n) is 5.85. The van der Waals surface area contributed by atoms with E-state index >= 15 is 0 Å². The number of methoxy groups -OCH3 is 1. The van der Waals surface area contributed by atoms with Crippen LogP contribution in [-0.2, 0) is 4.79 Å². The number of hydrogen-bond donors (Lipinski definition) is 0. The van der Waals surface area contributed by atoms with E-state index in [-0.39, 0.29) is 5.91 Å². The molecule has 2 aromatic carbocycles. The number of nitrogens with zero attached hydrogens (tertiary/aromatic N) is 3.